The van der Waals surface area contributed by atoms with Crippen molar-refractivity contribution in [1.82, 2.24) is 14.7 Å². The fraction of sp³-hybridized carbons (Fsp3) is 0.619. The van der Waals surface area contributed by atoms with E-state index >= 15 is 0 Å². The number of benzene rings is 3. The van der Waals surface area contributed by atoms with E-state index in [2.05, 4.69) is 24.4 Å². The van der Waals surface area contributed by atoms with Crippen molar-refractivity contribution in [3.05, 3.63) is 98.2 Å². The fourth-order valence-corrected chi connectivity index (χ4v) is 18.5. The summed E-state index contributed by atoms with van der Waals surface area (Å²) in [5, 5.41) is 57.9. The minimum absolute atomic E-state index is 0.00234. The molecule has 15 nitrogen and oxygen atoms in total. The number of phenolic OH excluding ortho intramolecular Hbond substituents is 2. The van der Waals surface area contributed by atoms with E-state index in [4.69, 9.17) is 35.8 Å². The zero-order valence-corrected chi connectivity index (χ0v) is 45.8. The van der Waals surface area contributed by atoms with Gasteiger partial charge in [0.15, 0.2) is 11.9 Å². The summed E-state index contributed by atoms with van der Waals surface area (Å²) in [4.78, 5) is 52.3. The Kier molecular flexibility index (Phi) is 11.9. The second kappa shape index (κ2) is 18.1. The van der Waals surface area contributed by atoms with Crippen LogP contribution < -0.4 is 10.5 Å². The number of piperidine rings is 3. The Morgan fingerprint density at radius 2 is 1.04 bits per heavy atom. The van der Waals surface area contributed by atoms with Gasteiger partial charge in [-0.05, 0) is 168 Å². The molecule has 6 bridgehead atoms. The Balaban J connectivity index is 0.000000107. The van der Waals surface area contributed by atoms with Gasteiger partial charge in [0.2, 0.25) is 11.4 Å². The van der Waals surface area contributed by atoms with Crippen molar-refractivity contribution < 1.29 is 44.7 Å². The van der Waals surface area contributed by atoms with E-state index in [1.807, 2.05) is 24.3 Å². The van der Waals surface area contributed by atoms with Gasteiger partial charge in [-0.15, -0.1) is 0 Å². The van der Waals surface area contributed by atoms with E-state index in [9.17, 15) is 39.9 Å². The molecule has 79 heavy (non-hydrogen) atoms. The van der Waals surface area contributed by atoms with E-state index < -0.39 is 39.2 Å². The molecule has 6 saturated carbocycles. The lowest BCUT2D eigenvalue weighted by molar-refractivity contribution is -0.188. The maximum atomic E-state index is 12.8. The van der Waals surface area contributed by atoms with E-state index in [1.54, 1.807) is 12.1 Å². The number of hydrogen-bond acceptors (Lipinski definition) is 13. The molecule has 9 aliphatic carbocycles. The topological polar surface area (TPSA) is 206 Å². The number of carbonyl (C=O) groups excluding carboxylic acids is 3. The van der Waals surface area contributed by atoms with Gasteiger partial charge in [0.05, 0.1) is 40.9 Å². The van der Waals surface area contributed by atoms with Crippen LogP contribution in [-0.2, 0) is 49.9 Å². The van der Waals surface area contributed by atoms with Crippen LogP contribution >= 0.6 is 12.2 Å². The number of phenols is 2. The number of fused-ring (bicyclic) bond motifs is 2. The van der Waals surface area contributed by atoms with Crippen LogP contribution in [0.15, 0.2) is 36.4 Å². The molecule has 10 atom stereocenters. The zero-order chi connectivity index (χ0) is 54.8. The second-order valence-corrected chi connectivity index (χ2v) is 27.0. The van der Waals surface area contributed by atoms with Crippen molar-refractivity contribution in [2.75, 3.05) is 39.3 Å². The number of nitrogens with zero attached hydrogens (tertiary/aromatic N) is 5. The summed E-state index contributed by atoms with van der Waals surface area (Å²) in [7, 11) is 0. The summed E-state index contributed by atoms with van der Waals surface area (Å²) in [6, 6.07) is 11.3. The van der Waals surface area contributed by atoms with Crippen LogP contribution in [0.3, 0.4) is 0 Å². The smallest absolute Gasteiger partial charge is 0.228 e. The molecule has 16 rings (SSSR count). The minimum atomic E-state index is -1.00. The average Bonchev–Trinajstić information content (AvgIpc) is 3.14. The largest absolute Gasteiger partial charge is 0.519 e. The van der Waals surface area contributed by atoms with E-state index in [0.29, 0.717) is 93.2 Å². The van der Waals surface area contributed by atoms with E-state index in [-0.39, 0.29) is 64.1 Å². The Morgan fingerprint density at radius 3 is 1.53 bits per heavy atom. The monoisotopic (exact) mass is 1090 g/mol. The van der Waals surface area contributed by atoms with Crippen molar-refractivity contribution in [3.63, 3.8) is 0 Å². The van der Waals surface area contributed by atoms with Crippen LogP contribution in [-0.4, -0.2) is 143 Å². The molecule has 1 unspecified atom stereocenters. The van der Waals surface area contributed by atoms with Crippen molar-refractivity contribution >= 4 is 45.9 Å². The number of thiocarbonyl (C=S) groups is 1. The molecule has 1 spiro atoms. The van der Waals surface area contributed by atoms with Crippen LogP contribution in [0.5, 0.6) is 17.2 Å². The SMILES string of the molecule is NC(=S)c1ccc2c(c1O)[C@]13CCN(CC4CC4)[C@H](C2)[C@]1(O)CCC(=O)C3.[C-]#[N+]c1ccc2c(c1O)[C@]13CCN(CC4CC4)[C@H](C2)[C@]1(O)CCC(=O)C3.[C-]#[N+]c1ccc2c3c1OC1C(=O)CC[C@@]4(O)[C@@H](C2)N(CC2CC2)CC[C@]314. The fourth-order valence-electron chi connectivity index (χ4n) is 18.3. The Hall–Kier alpha value is -5.30. The van der Waals surface area contributed by atoms with E-state index in [0.717, 1.165) is 92.1 Å². The maximum absolute atomic E-state index is 12.8. The Bertz CT molecular complexity index is 3240. The number of Topliss-reactive ketones (excluding diaryl/α,β-unsaturated/α-hetero) is 3. The molecular weight excluding hydrogens is 1020 g/mol. The molecule has 4 aliphatic heterocycles. The highest BCUT2D eigenvalue weighted by atomic mass is 32.1. The third-order valence-electron chi connectivity index (χ3n) is 22.6. The summed E-state index contributed by atoms with van der Waals surface area (Å²) in [6.07, 6.45) is 14.5. The third-order valence-corrected chi connectivity index (χ3v) is 22.8. The lowest BCUT2D eigenvalue weighted by atomic mass is 9.49. The molecule has 3 aromatic carbocycles. The molecule has 414 valence electrons. The quantitative estimate of drug-likeness (QED) is 0.106. The number of aliphatic hydroxyl groups is 3. The van der Waals surface area contributed by atoms with Gasteiger partial charge in [-0.25, -0.2) is 9.69 Å². The zero-order valence-electron chi connectivity index (χ0n) is 45.0. The number of aromatic hydroxyl groups is 2. The standard InChI is InChI=1S/C21H26N2O3S.C21H22N2O3.C21H24N2O3/c22-19(27)15-4-3-13-9-16-21(26)6-5-14(24)10-20(21,17(13)18(15)25)7-8-23(16)11-12-1-2-12;1-22-14-5-4-13-10-16-21(25)7-6-15(24)19-20(21,17(13)18(14)26-19)8-9-23(16)11-12-2-3-12;1-22-16-5-4-14-10-17-21(26)7-6-15(24)11-20(21,18(14)19(16)25)8-9-23(17)12-13-2-3-13/h3-4,12,16,25-26H,1-2,5-11H2,(H2,22,27);4-5,12,16,19,25H,2-3,6-11H2;4-5,13,17,25-26H,2-3,6-12H2/t16-,20-,21-;16-,19?,20+,21-;17-,20-,21-/m111/s1. The van der Waals surface area contributed by atoms with Crippen molar-refractivity contribution in [1.29, 1.82) is 0 Å². The highest BCUT2D eigenvalue weighted by Crippen LogP contribution is 2.66. The lowest BCUT2D eigenvalue weighted by Gasteiger charge is -2.63. The van der Waals surface area contributed by atoms with Gasteiger partial charge in [0.25, 0.3) is 0 Å². The van der Waals surface area contributed by atoms with Crippen LogP contribution in [0.2, 0.25) is 0 Å². The van der Waals surface area contributed by atoms with Gasteiger partial charge in [0.1, 0.15) is 33.8 Å². The van der Waals surface area contributed by atoms with Gasteiger partial charge in [0, 0.05) is 86.3 Å². The molecule has 16 heteroatoms. The maximum Gasteiger partial charge on any atom is 0.228 e. The third kappa shape index (κ3) is 7.39. The van der Waals surface area contributed by atoms with Gasteiger partial charge < -0.3 is 36.0 Å². The summed E-state index contributed by atoms with van der Waals surface area (Å²) < 4.78 is 6.16. The van der Waals surface area contributed by atoms with Gasteiger partial charge in [-0.1, -0.05) is 42.5 Å². The van der Waals surface area contributed by atoms with Gasteiger partial charge >= 0.3 is 0 Å². The van der Waals surface area contributed by atoms with Crippen LogP contribution in [0.25, 0.3) is 9.69 Å². The normalized spacial score (nSPS) is 37.2. The molecule has 3 saturated heterocycles. The molecule has 4 heterocycles. The molecule has 3 aromatic rings. The average molecular weight is 1090 g/mol. The molecule has 0 aromatic heterocycles. The number of nitrogens with two attached hydrogens (primary N) is 1. The first kappa shape index (κ1) is 51.8. The first-order chi connectivity index (χ1) is 37.9. The molecule has 9 fully saturated rings. The number of ketones is 3. The molecule has 0 radical (unpaired) electrons. The Labute approximate surface area is 467 Å². The Morgan fingerprint density at radius 1 is 0.595 bits per heavy atom. The summed E-state index contributed by atoms with van der Waals surface area (Å²) in [5.41, 5.74) is 7.48. The predicted octanol–water partition coefficient (Wildman–Crippen LogP) is 6.86. The lowest BCUT2D eigenvalue weighted by Crippen LogP contribution is -2.76. The minimum Gasteiger partial charge on any atom is -0.519 e. The van der Waals surface area contributed by atoms with Crippen LogP contribution in [0.4, 0.5) is 11.4 Å². The molecule has 0 amide bonds. The van der Waals surface area contributed by atoms with Crippen molar-refractivity contribution in [2.45, 2.75) is 186 Å². The first-order valence-corrected chi connectivity index (χ1v) is 29.9. The number of hydrogen-bond donors (Lipinski definition) is 6. The molecule has 13 aliphatic rings. The van der Waals surface area contributed by atoms with Gasteiger partial charge in [-0.3, -0.25) is 29.1 Å². The number of ether oxygens (including phenoxy) is 1. The number of rotatable bonds is 7. The second-order valence-electron chi connectivity index (χ2n) is 26.5. The predicted molar refractivity (Wildman–Crippen MR) is 297 cm³/mol. The summed E-state index contributed by atoms with van der Waals surface area (Å²) in [5.74, 6) is 3.31. The first-order valence-electron chi connectivity index (χ1n) is 29.5. The highest BCUT2D eigenvalue weighted by molar-refractivity contribution is 7.80. The van der Waals surface area contributed by atoms with Crippen LogP contribution in [0, 0.1) is 30.9 Å². The molecule has 7 N–H and O–H groups in total. The molecular formula is C63H72N6O9S. The summed E-state index contributed by atoms with van der Waals surface area (Å²) >= 11 is 5.12. The highest BCUT2D eigenvalue weighted by Gasteiger charge is 2.73. The van der Waals surface area contributed by atoms with Crippen LogP contribution in [0.1, 0.15) is 148 Å². The van der Waals surface area contributed by atoms with Gasteiger partial charge in [-0.2, -0.15) is 0 Å². The number of carbonyl (C=O) groups is 3. The summed E-state index contributed by atoms with van der Waals surface area (Å²) in [6.45, 7) is 20.5. The number of likely N-dealkylation sites (tertiary alicyclic amines) is 3. The van der Waals surface area contributed by atoms with E-state index in [1.165, 1.54) is 44.1 Å². The van der Waals surface area contributed by atoms with Crippen molar-refractivity contribution in [3.8, 4) is 17.2 Å². The van der Waals surface area contributed by atoms with Crippen molar-refractivity contribution in [2.24, 2.45) is 23.5 Å².